The number of aromatic nitrogens is 2. The van der Waals surface area contributed by atoms with Gasteiger partial charge in [-0.05, 0) is 42.4 Å². The zero-order chi connectivity index (χ0) is 21.2. The molecule has 0 aliphatic heterocycles. The van der Waals surface area contributed by atoms with Crippen LogP contribution in [0.3, 0.4) is 0 Å². The van der Waals surface area contributed by atoms with Crippen LogP contribution in [-0.4, -0.2) is 15.7 Å². The minimum absolute atomic E-state index is 0.0251. The van der Waals surface area contributed by atoms with Crippen LogP contribution in [0.4, 0.5) is 10.1 Å². The number of anilines is 1. The first-order valence-corrected chi connectivity index (χ1v) is 9.83. The summed E-state index contributed by atoms with van der Waals surface area (Å²) in [6.45, 7) is 8.30. The Kier molecular flexibility index (Phi) is 5.87. The highest BCUT2D eigenvalue weighted by Crippen LogP contribution is 2.31. The quantitative estimate of drug-likeness (QED) is 0.711. The number of aryl methyl sites for hydroxylation is 2. The molecule has 0 atom stereocenters. The highest BCUT2D eigenvalue weighted by Gasteiger charge is 2.21. The van der Waals surface area contributed by atoms with Gasteiger partial charge in [-0.15, -0.1) is 0 Å². The molecular formula is C24H28FN3O. The van der Waals surface area contributed by atoms with Gasteiger partial charge >= 0.3 is 0 Å². The van der Waals surface area contributed by atoms with Gasteiger partial charge in [-0.2, -0.15) is 9.49 Å². The van der Waals surface area contributed by atoms with Gasteiger partial charge in [0.05, 0.1) is 5.69 Å². The number of para-hydroxylation sites is 1. The number of hydrogen-bond donors (Lipinski definition) is 1. The number of hydrogen-bond acceptors (Lipinski definition) is 2. The van der Waals surface area contributed by atoms with E-state index in [1.165, 1.54) is 12.6 Å². The van der Waals surface area contributed by atoms with Crippen molar-refractivity contribution in [2.75, 3.05) is 5.32 Å². The minimum atomic E-state index is -0.636. The summed E-state index contributed by atoms with van der Waals surface area (Å²) in [5.74, 6) is -1.13. The molecule has 0 unspecified atom stereocenters. The molecule has 152 valence electrons. The number of carbonyl (C=O) groups is 1. The Labute approximate surface area is 171 Å². The molecule has 2 aromatic rings. The molecule has 1 N–H and O–H groups in total. The van der Waals surface area contributed by atoms with E-state index in [2.05, 4.69) is 55.5 Å². The van der Waals surface area contributed by atoms with Gasteiger partial charge in [0, 0.05) is 18.3 Å². The van der Waals surface area contributed by atoms with Crippen molar-refractivity contribution in [3.8, 4) is 0 Å². The Morgan fingerprint density at radius 1 is 1.28 bits per heavy atom. The van der Waals surface area contributed by atoms with Gasteiger partial charge in [-0.1, -0.05) is 63.3 Å². The second kappa shape index (κ2) is 8.19. The van der Waals surface area contributed by atoms with Gasteiger partial charge in [-0.25, -0.2) is 4.68 Å². The van der Waals surface area contributed by atoms with Crippen molar-refractivity contribution in [2.24, 2.45) is 12.5 Å². The summed E-state index contributed by atoms with van der Waals surface area (Å²) in [5.41, 5.74) is 4.50. The molecule has 29 heavy (non-hydrogen) atoms. The molecule has 3 rings (SSSR count). The average Bonchev–Trinajstić information content (AvgIpc) is 2.92. The molecular weight excluding hydrogens is 365 g/mol. The standard InChI is InChI=1S/C24H28FN3O/c1-16-21(22(25)28(5)27-16)23(29)26-20-9-7-6-8-19(20)18-12-10-17(11-13-18)14-15-24(2,3)4/h6-10,12-14H,11,15H2,1-5H3,(H,26,29). The highest BCUT2D eigenvalue weighted by molar-refractivity contribution is 6.06. The lowest BCUT2D eigenvalue weighted by Gasteiger charge is -2.17. The fourth-order valence-corrected chi connectivity index (χ4v) is 3.27. The molecule has 1 heterocycles. The van der Waals surface area contributed by atoms with Crippen LogP contribution in [0.2, 0.25) is 0 Å². The lowest BCUT2D eigenvalue weighted by molar-refractivity contribution is 0.102. The van der Waals surface area contributed by atoms with Gasteiger partial charge in [-0.3, -0.25) is 4.79 Å². The number of rotatable bonds is 4. The molecule has 1 aliphatic carbocycles. The number of amides is 1. The molecule has 0 saturated heterocycles. The maximum Gasteiger partial charge on any atom is 0.262 e. The van der Waals surface area contributed by atoms with Crippen molar-refractivity contribution >= 4 is 17.2 Å². The first-order chi connectivity index (χ1) is 13.7. The minimum Gasteiger partial charge on any atom is -0.321 e. The second-order valence-corrected chi connectivity index (χ2v) is 8.62. The summed E-state index contributed by atoms with van der Waals surface area (Å²) in [4.78, 5) is 12.7. The van der Waals surface area contributed by atoms with Gasteiger partial charge < -0.3 is 5.32 Å². The van der Waals surface area contributed by atoms with Crippen molar-refractivity contribution in [3.63, 3.8) is 0 Å². The Morgan fingerprint density at radius 3 is 2.59 bits per heavy atom. The van der Waals surface area contributed by atoms with E-state index in [9.17, 15) is 9.18 Å². The third kappa shape index (κ3) is 4.91. The molecule has 0 radical (unpaired) electrons. The smallest absolute Gasteiger partial charge is 0.262 e. The van der Waals surface area contributed by atoms with Crippen molar-refractivity contribution in [1.29, 1.82) is 0 Å². The molecule has 1 aromatic carbocycles. The van der Waals surface area contributed by atoms with Crippen molar-refractivity contribution in [1.82, 2.24) is 9.78 Å². The molecule has 0 saturated carbocycles. The molecule has 5 heteroatoms. The van der Waals surface area contributed by atoms with Crippen molar-refractivity contribution in [3.05, 3.63) is 76.9 Å². The summed E-state index contributed by atoms with van der Waals surface area (Å²) < 4.78 is 15.3. The van der Waals surface area contributed by atoms with Crippen LogP contribution in [-0.2, 0) is 7.05 Å². The van der Waals surface area contributed by atoms with E-state index in [1.54, 1.807) is 6.92 Å². The Bertz CT molecular complexity index is 1020. The normalized spacial score (nSPS) is 15.5. The largest absolute Gasteiger partial charge is 0.321 e. The molecule has 1 aliphatic rings. The summed E-state index contributed by atoms with van der Waals surface area (Å²) >= 11 is 0. The number of nitrogens with zero attached hydrogens (tertiary/aromatic N) is 2. The Hall–Kier alpha value is -2.95. The van der Waals surface area contributed by atoms with Gasteiger partial charge in [0.15, 0.2) is 0 Å². The lowest BCUT2D eigenvalue weighted by atomic mass is 9.89. The van der Waals surface area contributed by atoms with E-state index in [4.69, 9.17) is 0 Å². The Morgan fingerprint density at radius 2 is 2.00 bits per heavy atom. The maximum atomic E-state index is 14.2. The molecule has 0 spiro atoms. The molecule has 1 amide bonds. The second-order valence-electron chi connectivity index (χ2n) is 8.62. The summed E-state index contributed by atoms with van der Waals surface area (Å²) in [7, 11) is 1.48. The predicted molar refractivity (Wildman–Crippen MR) is 116 cm³/mol. The number of carbonyl (C=O) groups excluding carboxylic acids is 1. The first kappa shape index (κ1) is 20.8. The summed E-state index contributed by atoms with van der Waals surface area (Å²) in [5, 5.41) is 6.83. The zero-order valence-corrected chi connectivity index (χ0v) is 17.7. The maximum absolute atomic E-state index is 14.2. The molecule has 0 fully saturated rings. The van der Waals surface area contributed by atoms with Crippen LogP contribution in [0.5, 0.6) is 0 Å². The fourth-order valence-electron chi connectivity index (χ4n) is 3.27. The van der Waals surface area contributed by atoms with E-state index >= 15 is 0 Å². The number of allylic oxidation sites excluding steroid dienone is 6. The van der Waals surface area contributed by atoms with Crippen molar-refractivity contribution < 1.29 is 9.18 Å². The average molecular weight is 394 g/mol. The fraction of sp³-hybridized carbons (Fsp3) is 0.333. The highest BCUT2D eigenvalue weighted by atomic mass is 19.1. The van der Waals surface area contributed by atoms with E-state index in [0.717, 1.165) is 28.7 Å². The van der Waals surface area contributed by atoms with E-state index in [-0.39, 0.29) is 11.0 Å². The number of nitrogens with one attached hydrogen (secondary N) is 1. The van der Waals surface area contributed by atoms with Crippen LogP contribution >= 0.6 is 0 Å². The van der Waals surface area contributed by atoms with Crippen LogP contribution in [0, 0.1) is 18.3 Å². The van der Waals surface area contributed by atoms with Crippen LogP contribution < -0.4 is 5.32 Å². The topological polar surface area (TPSA) is 46.9 Å². The third-order valence-corrected chi connectivity index (χ3v) is 4.88. The van der Waals surface area contributed by atoms with Crippen LogP contribution in [0.15, 0.2) is 54.1 Å². The monoisotopic (exact) mass is 393 g/mol. The third-order valence-electron chi connectivity index (χ3n) is 4.88. The van der Waals surface area contributed by atoms with Crippen LogP contribution in [0.1, 0.15) is 55.2 Å². The SMILES string of the molecule is Cc1nn(C)c(F)c1C(=O)Nc1ccccc1C1=CCC(=CCC(C)(C)C)C=C1. The summed E-state index contributed by atoms with van der Waals surface area (Å²) in [6, 6.07) is 7.58. The molecule has 0 bridgehead atoms. The number of benzene rings is 1. The zero-order valence-electron chi connectivity index (χ0n) is 17.7. The van der Waals surface area contributed by atoms with Gasteiger partial charge in [0.2, 0.25) is 5.95 Å². The van der Waals surface area contributed by atoms with E-state index < -0.39 is 11.9 Å². The van der Waals surface area contributed by atoms with E-state index in [0.29, 0.717) is 11.4 Å². The number of halogens is 1. The lowest BCUT2D eigenvalue weighted by Crippen LogP contribution is -2.15. The molecule has 1 aromatic heterocycles. The van der Waals surface area contributed by atoms with Crippen molar-refractivity contribution in [2.45, 2.75) is 40.5 Å². The van der Waals surface area contributed by atoms with Gasteiger partial charge in [0.25, 0.3) is 5.91 Å². The van der Waals surface area contributed by atoms with Crippen LogP contribution in [0.25, 0.3) is 5.57 Å². The van der Waals surface area contributed by atoms with Gasteiger partial charge in [0.1, 0.15) is 5.56 Å². The van der Waals surface area contributed by atoms with E-state index in [1.807, 2.05) is 24.3 Å². The summed E-state index contributed by atoms with van der Waals surface area (Å²) in [6.07, 6.45) is 10.5. The Balaban J connectivity index is 1.81. The first-order valence-electron chi connectivity index (χ1n) is 9.83. The molecule has 4 nitrogen and oxygen atoms in total. The predicted octanol–water partition coefficient (Wildman–Crippen LogP) is 5.83.